The standard InChI is InChI=1S/C25H23N3O7/c1-16-4-10-21(17(2)12-16)34-15-24(29)27-26-14-18-5-11-22(23(13-18)33-3)35-25(30)19-6-8-20(9-7-19)28(31)32/h4-14H,15H2,1-3H3,(H,27,29)/b26-14-. The molecular formula is C25H23N3O7. The fourth-order valence-corrected chi connectivity index (χ4v) is 3.04. The molecule has 0 fully saturated rings. The monoisotopic (exact) mass is 477 g/mol. The van der Waals surface area contributed by atoms with Gasteiger partial charge in [0.15, 0.2) is 18.1 Å². The van der Waals surface area contributed by atoms with Gasteiger partial charge in [0, 0.05) is 12.1 Å². The largest absolute Gasteiger partial charge is 0.493 e. The summed E-state index contributed by atoms with van der Waals surface area (Å²) in [5.41, 5.74) is 5.01. The number of nitrogens with one attached hydrogen (secondary N) is 1. The Morgan fingerprint density at radius 1 is 1.00 bits per heavy atom. The Morgan fingerprint density at radius 3 is 2.37 bits per heavy atom. The number of aryl methyl sites for hydroxylation is 2. The molecule has 0 atom stereocenters. The number of amides is 1. The van der Waals surface area contributed by atoms with Crippen LogP contribution >= 0.6 is 0 Å². The number of nitro benzene ring substituents is 1. The number of esters is 1. The van der Waals surface area contributed by atoms with Gasteiger partial charge in [-0.05, 0) is 61.4 Å². The zero-order chi connectivity index (χ0) is 25.4. The number of nitrogens with zero attached hydrogens (tertiary/aromatic N) is 2. The molecule has 0 aliphatic carbocycles. The third kappa shape index (κ3) is 6.87. The molecule has 0 radical (unpaired) electrons. The van der Waals surface area contributed by atoms with Gasteiger partial charge in [-0.1, -0.05) is 17.7 Å². The molecule has 35 heavy (non-hydrogen) atoms. The predicted octanol–water partition coefficient (Wildman–Crippen LogP) is 3.97. The smallest absolute Gasteiger partial charge is 0.343 e. The van der Waals surface area contributed by atoms with Crippen LogP contribution in [0.3, 0.4) is 0 Å². The zero-order valence-corrected chi connectivity index (χ0v) is 19.3. The Bertz CT molecular complexity index is 1270. The van der Waals surface area contributed by atoms with E-state index in [1.54, 1.807) is 12.1 Å². The minimum atomic E-state index is -0.698. The third-order valence-corrected chi connectivity index (χ3v) is 4.80. The maximum Gasteiger partial charge on any atom is 0.343 e. The Hall–Kier alpha value is -4.73. The lowest BCUT2D eigenvalue weighted by Gasteiger charge is -2.10. The first-order valence-electron chi connectivity index (χ1n) is 10.4. The van der Waals surface area contributed by atoms with Crippen molar-refractivity contribution in [2.24, 2.45) is 5.10 Å². The minimum absolute atomic E-state index is 0.133. The summed E-state index contributed by atoms with van der Waals surface area (Å²) in [5, 5.41) is 14.7. The van der Waals surface area contributed by atoms with Gasteiger partial charge < -0.3 is 14.2 Å². The van der Waals surface area contributed by atoms with Gasteiger partial charge in [0.25, 0.3) is 11.6 Å². The summed E-state index contributed by atoms with van der Waals surface area (Å²) in [6.07, 6.45) is 1.40. The quantitative estimate of drug-likeness (QED) is 0.162. The molecular weight excluding hydrogens is 454 g/mol. The highest BCUT2D eigenvalue weighted by Gasteiger charge is 2.14. The lowest BCUT2D eigenvalue weighted by Crippen LogP contribution is -2.24. The number of hydrogen-bond donors (Lipinski definition) is 1. The fourth-order valence-electron chi connectivity index (χ4n) is 3.04. The van der Waals surface area contributed by atoms with Gasteiger partial charge in [-0.3, -0.25) is 14.9 Å². The van der Waals surface area contributed by atoms with Gasteiger partial charge >= 0.3 is 5.97 Å². The second kappa shape index (κ2) is 11.4. The number of non-ortho nitro benzene ring substituents is 1. The topological polar surface area (TPSA) is 129 Å². The fraction of sp³-hybridized carbons (Fsp3) is 0.160. The number of carbonyl (C=O) groups is 2. The number of methoxy groups -OCH3 is 1. The molecule has 0 heterocycles. The van der Waals surface area contributed by atoms with Crippen molar-refractivity contribution in [2.45, 2.75) is 13.8 Å². The Kier molecular flexibility index (Phi) is 8.12. The third-order valence-electron chi connectivity index (χ3n) is 4.80. The van der Waals surface area contributed by atoms with Gasteiger partial charge in [0.1, 0.15) is 5.75 Å². The Labute approximate surface area is 201 Å². The van der Waals surface area contributed by atoms with Crippen LogP contribution in [0.4, 0.5) is 5.69 Å². The summed E-state index contributed by atoms with van der Waals surface area (Å²) in [5.74, 6) is -0.0940. The van der Waals surface area contributed by atoms with E-state index in [1.807, 2.05) is 32.0 Å². The van der Waals surface area contributed by atoms with Crippen molar-refractivity contribution in [1.82, 2.24) is 5.43 Å². The first kappa shape index (κ1) is 24.9. The van der Waals surface area contributed by atoms with Gasteiger partial charge in [-0.25, -0.2) is 10.2 Å². The van der Waals surface area contributed by atoms with Gasteiger partial charge in [-0.15, -0.1) is 0 Å². The molecule has 0 aliphatic heterocycles. The van der Waals surface area contributed by atoms with E-state index in [9.17, 15) is 19.7 Å². The second-order valence-electron chi connectivity index (χ2n) is 7.45. The summed E-state index contributed by atoms with van der Waals surface area (Å²) >= 11 is 0. The second-order valence-corrected chi connectivity index (χ2v) is 7.45. The lowest BCUT2D eigenvalue weighted by atomic mass is 10.1. The molecule has 10 nitrogen and oxygen atoms in total. The first-order chi connectivity index (χ1) is 16.8. The zero-order valence-electron chi connectivity index (χ0n) is 19.3. The summed E-state index contributed by atoms with van der Waals surface area (Å²) in [6.45, 7) is 3.68. The first-order valence-corrected chi connectivity index (χ1v) is 10.4. The van der Waals surface area contributed by atoms with Crippen molar-refractivity contribution in [3.8, 4) is 17.2 Å². The molecule has 0 aliphatic rings. The number of benzene rings is 3. The van der Waals surface area contributed by atoms with Gasteiger partial charge in [0.2, 0.25) is 0 Å². The van der Waals surface area contributed by atoms with Crippen molar-refractivity contribution in [3.63, 3.8) is 0 Å². The van der Waals surface area contributed by atoms with Crippen LogP contribution in [0.5, 0.6) is 17.2 Å². The number of hydrazone groups is 1. The molecule has 0 unspecified atom stereocenters. The molecule has 3 aromatic rings. The highest BCUT2D eigenvalue weighted by atomic mass is 16.6. The van der Waals surface area contributed by atoms with Crippen molar-refractivity contribution >= 4 is 23.8 Å². The van der Waals surface area contributed by atoms with Crippen LogP contribution < -0.4 is 19.6 Å². The number of rotatable bonds is 9. The normalized spacial score (nSPS) is 10.6. The van der Waals surface area contributed by atoms with Crippen LogP contribution in [0, 0.1) is 24.0 Å². The van der Waals surface area contributed by atoms with E-state index in [0.717, 1.165) is 11.1 Å². The molecule has 0 aromatic heterocycles. The number of hydrogen-bond acceptors (Lipinski definition) is 8. The molecule has 0 bridgehead atoms. The maximum absolute atomic E-state index is 12.4. The predicted molar refractivity (Wildman–Crippen MR) is 128 cm³/mol. The van der Waals surface area contributed by atoms with Gasteiger partial charge in [0.05, 0.1) is 23.8 Å². The lowest BCUT2D eigenvalue weighted by molar-refractivity contribution is -0.384. The van der Waals surface area contributed by atoms with Crippen LogP contribution in [-0.2, 0) is 4.79 Å². The van der Waals surface area contributed by atoms with Crippen LogP contribution in [0.2, 0.25) is 0 Å². The minimum Gasteiger partial charge on any atom is -0.493 e. The molecule has 3 aromatic carbocycles. The highest BCUT2D eigenvalue weighted by Crippen LogP contribution is 2.28. The molecule has 1 amide bonds. The number of nitro groups is 1. The SMILES string of the molecule is COc1cc(/C=N\NC(=O)COc2ccc(C)cc2C)ccc1OC(=O)c1ccc([N+](=O)[O-])cc1. The van der Waals surface area contributed by atoms with E-state index in [2.05, 4.69) is 10.5 Å². The van der Waals surface area contributed by atoms with Crippen molar-refractivity contribution in [3.05, 3.63) is 93.0 Å². The van der Waals surface area contributed by atoms with E-state index >= 15 is 0 Å². The summed E-state index contributed by atoms with van der Waals surface area (Å²) < 4.78 is 16.1. The average Bonchev–Trinajstić information content (AvgIpc) is 2.84. The van der Waals surface area contributed by atoms with E-state index < -0.39 is 16.8 Å². The molecule has 0 saturated carbocycles. The van der Waals surface area contributed by atoms with Crippen LogP contribution in [0.15, 0.2) is 65.8 Å². The van der Waals surface area contributed by atoms with Crippen molar-refractivity contribution < 1.29 is 28.7 Å². The Morgan fingerprint density at radius 2 is 1.71 bits per heavy atom. The molecule has 10 heteroatoms. The number of carbonyl (C=O) groups excluding carboxylic acids is 2. The highest BCUT2D eigenvalue weighted by molar-refractivity contribution is 5.92. The molecule has 1 N–H and O–H groups in total. The summed E-state index contributed by atoms with van der Waals surface area (Å²) in [7, 11) is 1.41. The van der Waals surface area contributed by atoms with Crippen molar-refractivity contribution in [2.75, 3.05) is 13.7 Å². The molecule has 3 rings (SSSR count). The molecule has 0 saturated heterocycles. The van der Waals surface area contributed by atoms with E-state index in [0.29, 0.717) is 11.3 Å². The van der Waals surface area contributed by atoms with Crippen LogP contribution in [0.25, 0.3) is 0 Å². The average molecular weight is 477 g/mol. The van der Waals surface area contributed by atoms with Crippen molar-refractivity contribution in [1.29, 1.82) is 0 Å². The molecule has 180 valence electrons. The Balaban J connectivity index is 1.57. The van der Waals surface area contributed by atoms with Crippen LogP contribution in [-0.4, -0.2) is 36.7 Å². The van der Waals surface area contributed by atoms with Crippen LogP contribution in [0.1, 0.15) is 27.0 Å². The number of ether oxygens (including phenoxy) is 3. The van der Waals surface area contributed by atoms with E-state index in [-0.39, 0.29) is 29.4 Å². The van der Waals surface area contributed by atoms with E-state index in [1.165, 1.54) is 43.7 Å². The molecule has 0 spiro atoms. The van der Waals surface area contributed by atoms with E-state index in [4.69, 9.17) is 14.2 Å². The summed E-state index contributed by atoms with van der Waals surface area (Å²) in [4.78, 5) is 34.6. The summed E-state index contributed by atoms with van der Waals surface area (Å²) in [6, 6.07) is 15.4. The van der Waals surface area contributed by atoms with Gasteiger partial charge in [-0.2, -0.15) is 5.10 Å². The maximum atomic E-state index is 12.4.